The van der Waals surface area contributed by atoms with Gasteiger partial charge in [0.15, 0.2) is 0 Å². The molecule has 0 saturated heterocycles. The van der Waals surface area contributed by atoms with Gasteiger partial charge in [-0.25, -0.2) is 4.79 Å². The van der Waals surface area contributed by atoms with Crippen molar-refractivity contribution in [2.75, 3.05) is 0 Å². The Bertz CT molecular complexity index is 543. The van der Waals surface area contributed by atoms with Gasteiger partial charge in [-0.3, -0.25) is 4.98 Å². The van der Waals surface area contributed by atoms with Crippen molar-refractivity contribution < 1.29 is 9.53 Å². The minimum Gasteiger partial charge on any atom is -0.454 e. The van der Waals surface area contributed by atoms with Gasteiger partial charge in [-0.2, -0.15) is 0 Å². The Balaban J connectivity index is 2.11. The first-order valence-electron chi connectivity index (χ1n) is 5.54. The molecule has 3 nitrogen and oxygen atoms in total. The minimum atomic E-state index is -0.468. The first kappa shape index (κ1) is 12.6. The van der Waals surface area contributed by atoms with E-state index in [0.717, 1.165) is 5.56 Å². The van der Waals surface area contributed by atoms with E-state index < -0.39 is 5.97 Å². The monoisotopic (exact) mass is 261 g/mol. The fraction of sp³-hybridized carbons (Fsp3) is 0.143. The normalized spacial score (nSPS) is 11.9. The number of hydrogen-bond donors (Lipinski definition) is 0. The van der Waals surface area contributed by atoms with Crippen LogP contribution in [0.4, 0.5) is 0 Å². The van der Waals surface area contributed by atoms with Crippen molar-refractivity contribution in [3.63, 3.8) is 0 Å². The molecule has 0 spiro atoms. The highest BCUT2D eigenvalue weighted by Gasteiger charge is 2.16. The second kappa shape index (κ2) is 5.65. The number of benzene rings is 1. The highest BCUT2D eigenvalue weighted by Crippen LogP contribution is 2.21. The van der Waals surface area contributed by atoms with Crippen molar-refractivity contribution in [2.24, 2.45) is 0 Å². The van der Waals surface area contributed by atoms with Crippen molar-refractivity contribution in [3.8, 4) is 0 Å². The maximum atomic E-state index is 11.9. The van der Waals surface area contributed by atoms with Crippen LogP contribution in [0.25, 0.3) is 0 Å². The molecule has 0 saturated carbocycles. The molecule has 1 aromatic carbocycles. The van der Waals surface area contributed by atoms with Crippen LogP contribution in [0.2, 0.25) is 5.02 Å². The number of pyridine rings is 1. The summed E-state index contributed by atoms with van der Waals surface area (Å²) in [4.78, 5) is 15.8. The number of aromatic nitrogens is 1. The Labute approximate surface area is 110 Å². The summed E-state index contributed by atoms with van der Waals surface area (Å²) in [7, 11) is 0. The average Bonchev–Trinajstić information content (AvgIpc) is 2.40. The van der Waals surface area contributed by atoms with Gasteiger partial charge in [-0.15, -0.1) is 0 Å². The number of hydrogen-bond acceptors (Lipinski definition) is 3. The molecule has 18 heavy (non-hydrogen) atoms. The molecule has 0 radical (unpaired) electrons. The van der Waals surface area contributed by atoms with Crippen LogP contribution in [-0.2, 0) is 4.74 Å². The topological polar surface area (TPSA) is 39.2 Å². The summed E-state index contributed by atoms with van der Waals surface area (Å²) < 4.78 is 5.34. The molecule has 1 atom stereocenters. The second-order valence-electron chi connectivity index (χ2n) is 3.81. The SMILES string of the molecule is CC(OC(=O)c1cnccc1Cl)c1ccccc1. The third kappa shape index (κ3) is 2.87. The summed E-state index contributed by atoms with van der Waals surface area (Å²) in [6.45, 7) is 1.82. The highest BCUT2D eigenvalue weighted by molar-refractivity contribution is 6.33. The van der Waals surface area contributed by atoms with Crippen molar-refractivity contribution in [1.82, 2.24) is 4.98 Å². The van der Waals surface area contributed by atoms with Crippen LogP contribution in [0, 0.1) is 0 Å². The number of rotatable bonds is 3. The van der Waals surface area contributed by atoms with Crippen LogP contribution < -0.4 is 0 Å². The quantitative estimate of drug-likeness (QED) is 0.792. The minimum absolute atomic E-state index is 0.280. The zero-order chi connectivity index (χ0) is 13.0. The van der Waals surface area contributed by atoms with Gasteiger partial charge in [0.1, 0.15) is 6.10 Å². The lowest BCUT2D eigenvalue weighted by Gasteiger charge is -2.13. The Morgan fingerprint density at radius 2 is 2.00 bits per heavy atom. The van der Waals surface area contributed by atoms with Crippen molar-refractivity contribution >= 4 is 17.6 Å². The number of carbonyl (C=O) groups excluding carboxylic acids is 1. The summed E-state index contributed by atoms with van der Waals surface area (Å²) in [5, 5.41) is 0.343. The summed E-state index contributed by atoms with van der Waals surface area (Å²) >= 11 is 5.91. The Hall–Kier alpha value is -1.87. The van der Waals surface area contributed by atoms with Gasteiger partial charge in [-0.1, -0.05) is 41.9 Å². The van der Waals surface area contributed by atoms with E-state index in [4.69, 9.17) is 16.3 Å². The van der Waals surface area contributed by atoms with Gasteiger partial charge in [0.05, 0.1) is 10.6 Å². The molecule has 0 N–H and O–H groups in total. The van der Waals surface area contributed by atoms with E-state index in [9.17, 15) is 4.79 Å². The second-order valence-corrected chi connectivity index (χ2v) is 4.22. The lowest BCUT2D eigenvalue weighted by Crippen LogP contribution is -2.10. The van der Waals surface area contributed by atoms with E-state index in [2.05, 4.69) is 4.98 Å². The van der Waals surface area contributed by atoms with Gasteiger partial charge in [-0.05, 0) is 18.6 Å². The maximum Gasteiger partial charge on any atom is 0.341 e. The zero-order valence-electron chi connectivity index (χ0n) is 9.84. The lowest BCUT2D eigenvalue weighted by molar-refractivity contribution is 0.0337. The first-order chi connectivity index (χ1) is 8.68. The molecular weight excluding hydrogens is 250 g/mol. The molecule has 92 valence electrons. The smallest absolute Gasteiger partial charge is 0.341 e. The van der Waals surface area contributed by atoms with Crippen LogP contribution in [0.3, 0.4) is 0 Å². The standard InChI is InChI=1S/C14H12ClNO2/c1-10(11-5-3-2-4-6-11)18-14(17)12-9-16-8-7-13(12)15/h2-10H,1H3. The van der Waals surface area contributed by atoms with E-state index in [0.29, 0.717) is 5.02 Å². The van der Waals surface area contributed by atoms with E-state index >= 15 is 0 Å². The molecule has 1 heterocycles. The average molecular weight is 262 g/mol. The molecule has 0 aliphatic carbocycles. The van der Waals surface area contributed by atoms with Crippen LogP contribution in [0.15, 0.2) is 48.8 Å². The zero-order valence-corrected chi connectivity index (χ0v) is 10.6. The van der Waals surface area contributed by atoms with Crippen molar-refractivity contribution in [1.29, 1.82) is 0 Å². The molecule has 4 heteroatoms. The molecule has 1 unspecified atom stereocenters. The van der Waals surface area contributed by atoms with E-state index in [1.54, 1.807) is 6.07 Å². The molecule has 0 amide bonds. The van der Waals surface area contributed by atoms with Crippen LogP contribution >= 0.6 is 11.6 Å². The predicted octanol–water partition coefficient (Wildman–Crippen LogP) is 3.65. The third-order valence-electron chi connectivity index (χ3n) is 2.54. The van der Waals surface area contributed by atoms with E-state index in [1.807, 2.05) is 37.3 Å². The molecule has 0 aliphatic heterocycles. The Morgan fingerprint density at radius 1 is 1.28 bits per heavy atom. The molecule has 0 fully saturated rings. The summed E-state index contributed by atoms with van der Waals surface area (Å²) in [6, 6.07) is 11.1. The number of esters is 1. The van der Waals surface area contributed by atoms with Gasteiger partial charge in [0.2, 0.25) is 0 Å². The number of halogens is 1. The highest BCUT2D eigenvalue weighted by atomic mass is 35.5. The third-order valence-corrected chi connectivity index (χ3v) is 2.87. The maximum absolute atomic E-state index is 11.9. The van der Waals surface area contributed by atoms with Gasteiger partial charge >= 0.3 is 5.97 Å². The van der Waals surface area contributed by atoms with Crippen LogP contribution in [0.1, 0.15) is 28.9 Å². The molecule has 2 rings (SSSR count). The van der Waals surface area contributed by atoms with Crippen LogP contribution in [-0.4, -0.2) is 11.0 Å². The number of nitrogens with zero attached hydrogens (tertiary/aromatic N) is 1. The lowest BCUT2D eigenvalue weighted by atomic mass is 10.1. The van der Waals surface area contributed by atoms with E-state index in [1.165, 1.54) is 12.4 Å². The molecule has 0 aliphatic rings. The van der Waals surface area contributed by atoms with Crippen molar-refractivity contribution in [2.45, 2.75) is 13.0 Å². The van der Waals surface area contributed by atoms with Crippen LogP contribution in [0.5, 0.6) is 0 Å². The van der Waals surface area contributed by atoms with Crippen molar-refractivity contribution in [3.05, 3.63) is 64.9 Å². The predicted molar refractivity (Wildman–Crippen MR) is 69.5 cm³/mol. The fourth-order valence-electron chi connectivity index (χ4n) is 1.54. The van der Waals surface area contributed by atoms with Gasteiger partial charge in [0, 0.05) is 12.4 Å². The molecular formula is C14H12ClNO2. The number of ether oxygens (including phenoxy) is 1. The van der Waals surface area contributed by atoms with E-state index in [-0.39, 0.29) is 11.7 Å². The molecule has 0 bridgehead atoms. The Morgan fingerprint density at radius 3 is 2.67 bits per heavy atom. The Kier molecular flexibility index (Phi) is 3.95. The molecule has 2 aromatic rings. The number of carbonyl (C=O) groups is 1. The summed E-state index contributed by atoms with van der Waals surface area (Å²) in [5.41, 5.74) is 1.22. The summed E-state index contributed by atoms with van der Waals surface area (Å²) in [5.74, 6) is -0.468. The summed E-state index contributed by atoms with van der Waals surface area (Å²) in [6.07, 6.45) is 2.61. The first-order valence-corrected chi connectivity index (χ1v) is 5.91. The molecule has 1 aromatic heterocycles. The van der Waals surface area contributed by atoms with Gasteiger partial charge < -0.3 is 4.74 Å². The van der Waals surface area contributed by atoms with Gasteiger partial charge in [0.25, 0.3) is 0 Å². The largest absolute Gasteiger partial charge is 0.454 e. The fourth-order valence-corrected chi connectivity index (χ4v) is 1.73.